The summed E-state index contributed by atoms with van der Waals surface area (Å²) >= 11 is 0. The molecule has 8 heteroatoms. The van der Waals surface area contributed by atoms with Crippen LogP contribution in [-0.4, -0.2) is 85.7 Å². The van der Waals surface area contributed by atoms with Crippen LogP contribution in [0.1, 0.15) is 5.56 Å². The molecule has 1 heterocycles. The molecule has 1 aromatic carbocycles. The van der Waals surface area contributed by atoms with E-state index in [-0.39, 0.29) is 38.0 Å². The molecule has 1 saturated heterocycles. The molecule has 2 N–H and O–H groups in total. The highest BCUT2D eigenvalue weighted by Crippen LogP contribution is 2.28. The van der Waals surface area contributed by atoms with Crippen LogP contribution < -0.4 is 9.47 Å². The molecule has 0 spiro atoms. The summed E-state index contributed by atoms with van der Waals surface area (Å²) in [4.78, 5) is 4.46. The molecule has 1 atom stereocenters. The first kappa shape index (κ1) is 26.0. The van der Waals surface area contributed by atoms with Gasteiger partial charge in [0.2, 0.25) is 0 Å². The molecule has 156 valence electrons. The van der Waals surface area contributed by atoms with Crippen molar-refractivity contribution in [2.45, 2.75) is 12.5 Å². The van der Waals surface area contributed by atoms with Gasteiger partial charge in [-0.3, -0.25) is 9.80 Å². The zero-order valence-corrected chi connectivity index (χ0v) is 17.5. The molecular weight excluding hydrogens is 391 g/mol. The summed E-state index contributed by atoms with van der Waals surface area (Å²) in [6.07, 6.45) is 2.07. The Bertz CT molecular complexity index is 540. The zero-order chi connectivity index (χ0) is 18.1. The van der Waals surface area contributed by atoms with Crippen molar-refractivity contribution in [2.75, 3.05) is 59.6 Å². The third-order valence-electron chi connectivity index (χ3n) is 4.39. The summed E-state index contributed by atoms with van der Waals surface area (Å²) in [6, 6.07) is 5.79. The number of hydrogen-bond donors (Lipinski definition) is 2. The van der Waals surface area contributed by atoms with Gasteiger partial charge in [0.25, 0.3) is 0 Å². The highest BCUT2D eigenvalue weighted by atomic mass is 35.5. The van der Waals surface area contributed by atoms with Crippen LogP contribution in [0, 0.1) is 0 Å². The SMILES string of the molecule is C=CCc1ccc(OCC(O)CN2CCN(CCO)CC2)c(OC)c1.Cl.Cl. The van der Waals surface area contributed by atoms with E-state index in [9.17, 15) is 5.11 Å². The molecule has 0 amide bonds. The Balaban J connectivity index is 0.00000338. The molecule has 27 heavy (non-hydrogen) atoms. The van der Waals surface area contributed by atoms with E-state index in [1.807, 2.05) is 24.3 Å². The number of methoxy groups -OCH3 is 1. The van der Waals surface area contributed by atoms with Crippen LogP contribution in [0.4, 0.5) is 0 Å². The molecule has 0 saturated carbocycles. The molecule has 0 bridgehead atoms. The number of hydrogen-bond acceptors (Lipinski definition) is 6. The van der Waals surface area contributed by atoms with Gasteiger partial charge < -0.3 is 19.7 Å². The van der Waals surface area contributed by atoms with Crippen molar-refractivity contribution in [1.82, 2.24) is 9.80 Å². The molecule has 2 rings (SSSR count). The molecule has 1 fully saturated rings. The first-order valence-corrected chi connectivity index (χ1v) is 8.80. The maximum Gasteiger partial charge on any atom is 0.161 e. The van der Waals surface area contributed by atoms with Crippen molar-refractivity contribution >= 4 is 24.8 Å². The van der Waals surface area contributed by atoms with Crippen LogP contribution in [0.3, 0.4) is 0 Å². The quantitative estimate of drug-likeness (QED) is 0.558. The number of piperazine rings is 1. The number of allylic oxidation sites excluding steroid dienone is 1. The van der Waals surface area contributed by atoms with Crippen LogP contribution in [0.25, 0.3) is 0 Å². The smallest absolute Gasteiger partial charge is 0.161 e. The van der Waals surface area contributed by atoms with Crippen molar-refractivity contribution in [2.24, 2.45) is 0 Å². The maximum atomic E-state index is 10.3. The second-order valence-electron chi connectivity index (χ2n) is 6.31. The predicted molar refractivity (Wildman–Crippen MR) is 113 cm³/mol. The maximum absolute atomic E-state index is 10.3. The Kier molecular flexibility index (Phi) is 13.5. The molecule has 1 unspecified atom stereocenters. The lowest BCUT2D eigenvalue weighted by atomic mass is 10.1. The monoisotopic (exact) mass is 422 g/mol. The number of benzene rings is 1. The van der Waals surface area contributed by atoms with Gasteiger partial charge >= 0.3 is 0 Å². The standard InChI is InChI=1S/C19H30N2O4.2ClH/c1-3-4-16-5-6-18(19(13-16)24-2)25-15-17(23)14-21-9-7-20(8-10-21)11-12-22;;/h3,5-6,13,17,22-23H,1,4,7-12,14-15H2,2H3;2*1H. The molecule has 0 aromatic heterocycles. The van der Waals surface area contributed by atoms with Crippen LogP contribution >= 0.6 is 24.8 Å². The van der Waals surface area contributed by atoms with Gasteiger partial charge in [-0.15, -0.1) is 31.4 Å². The second kappa shape index (κ2) is 14.0. The van der Waals surface area contributed by atoms with Crippen molar-refractivity contribution < 1.29 is 19.7 Å². The van der Waals surface area contributed by atoms with E-state index in [1.165, 1.54) is 0 Å². The topological polar surface area (TPSA) is 65.4 Å². The van der Waals surface area contributed by atoms with E-state index in [1.54, 1.807) is 7.11 Å². The fraction of sp³-hybridized carbons (Fsp3) is 0.579. The summed E-state index contributed by atoms with van der Waals surface area (Å²) in [6.45, 7) is 9.12. The third kappa shape index (κ3) is 8.68. The number of aliphatic hydroxyl groups is 2. The van der Waals surface area contributed by atoms with Crippen molar-refractivity contribution in [3.63, 3.8) is 0 Å². The van der Waals surface area contributed by atoms with Gasteiger partial charge in [-0.2, -0.15) is 0 Å². The first-order valence-electron chi connectivity index (χ1n) is 8.80. The average Bonchev–Trinajstić information content (AvgIpc) is 2.62. The number of nitrogens with zero attached hydrogens (tertiary/aromatic N) is 2. The van der Waals surface area contributed by atoms with Crippen molar-refractivity contribution in [1.29, 1.82) is 0 Å². The van der Waals surface area contributed by atoms with E-state index < -0.39 is 6.10 Å². The van der Waals surface area contributed by atoms with Crippen molar-refractivity contribution in [3.05, 3.63) is 36.4 Å². The molecule has 1 aliphatic heterocycles. The highest BCUT2D eigenvalue weighted by Gasteiger charge is 2.19. The number of β-amino-alcohol motifs (C(OH)–C–C–N with tert-alkyl or cyclic N) is 2. The lowest BCUT2D eigenvalue weighted by Gasteiger charge is -2.35. The average molecular weight is 423 g/mol. The van der Waals surface area contributed by atoms with Crippen molar-refractivity contribution in [3.8, 4) is 11.5 Å². The summed E-state index contributed by atoms with van der Waals surface area (Å²) in [5.41, 5.74) is 1.11. The van der Waals surface area contributed by atoms with Gasteiger partial charge in [-0.25, -0.2) is 0 Å². The molecule has 1 aromatic rings. The van der Waals surface area contributed by atoms with Gasteiger partial charge in [0, 0.05) is 39.3 Å². The Morgan fingerprint density at radius 1 is 1.15 bits per heavy atom. The fourth-order valence-electron chi connectivity index (χ4n) is 3.00. The normalized spacial score (nSPS) is 16.0. The van der Waals surface area contributed by atoms with Crippen LogP contribution in [0.2, 0.25) is 0 Å². The van der Waals surface area contributed by atoms with Crippen LogP contribution in [-0.2, 0) is 6.42 Å². The Labute approximate surface area is 174 Å². The summed E-state index contributed by atoms with van der Waals surface area (Å²) in [5, 5.41) is 19.2. The number of rotatable bonds is 10. The van der Waals surface area contributed by atoms with E-state index in [4.69, 9.17) is 14.6 Å². The van der Waals surface area contributed by atoms with Crippen LogP contribution in [0.15, 0.2) is 30.9 Å². The molecule has 1 aliphatic rings. The Morgan fingerprint density at radius 3 is 2.41 bits per heavy atom. The molecule has 0 aliphatic carbocycles. The highest BCUT2D eigenvalue weighted by molar-refractivity contribution is 5.85. The number of ether oxygens (including phenoxy) is 2. The lowest BCUT2D eigenvalue weighted by Crippen LogP contribution is -2.49. The fourth-order valence-corrected chi connectivity index (χ4v) is 3.00. The minimum atomic E-state index is -0.554. The summed E-state index contributed by atoms with van der Waals surface area (Å²) in [5.74, 6) is 1.31. The van der Waals surface area contributed by atoms with Crippen LogP contribution in [0.5, 0.6) is 11.5 Å². The van der Waals surface area contributed by atoms with Gasteiger partial charge in [0.05, 0.1) is 13.7 Å². The van der Waals surface area contributed by atoms with Gasteiger partial charge in [-0.05, 0) is 24.1 Å². The largest absolute Gasteiger partial charge is 0.493 e. The van der Waals surface area contributed by atoms with Gasteiger partial charge in [0.1, 0.15) is 12.7 Å². The van der Waals surface area contributed by atoms with E-state index in [0.29, 0.717) is 18.0 Å². The van der Waals surface area contributed by atoms with E-state index in [0.717, 1.165) is 44.7 Å². The first-order chi connectivity index (χ1) is 12.2. The molecule has 6 nitrogen and oxygen atoms in total. The number of halogens is 2. The lowest BCUT2D eigenvalue weighted by molar-refractivity contribution is 0.0423. The van der Waals surface area contributed by atoms with Gasteiger partial charge in [-0.1, -0.05) is 12.1 Å². The second-order valence-corrected chi connectivity index (χ2v) is 6.31. The summed E-state index contributed by atoms with van der Waals surface area (Å²) < 4.78 is 11.1. The van der Waals surface area contributed by atoms with E-state index >= 15 is 0 Å². The number of aliphatic hydroxyl groups excluding tert-OH is 2. The predicted octanol–water partition coefficient (Wildman–Crippen LogP) is 1.62. The van der Waals surface area contributed by atoms with Gasteiger partial charge in [0.15, 0.2) is 11.5 Å². The minimum absolute atomic E-state index is 0. The molecular formula is C19H32Cl2N2O4. The minimum Gasteiger partial charge on any atom is -0.493 e. The Hall–Kier alpha value is -1.02. The third-order valence-corrected chi connectivity index (χ3v) is 4.39. The zero-order valence-electron chi connectivity index (χ0n) is 15.9. The Morgan fingerprint density at radius 2 is 1.81 bits per heavy atom. The molecule has 0 radical (unpaired) electrons. The van der Waals surface area contributed by atoms with E-state index in [2.05, 4.69) is 16.4 Å². The summed E-state index contributed by atoms with van der Waals surface area (Å²) in [7, 11) is 1.61.